The van der Waals surface area contributed by atoms with Crippen molar-refractivity contribution >= 4 is 29.2 Å². The lowest BCUT2D eigenvalue weighted by atomic mass is 10.1. The monoisotopic (exact) mass is 426 g/mol. The number of nitrogens with one attached hydrogen (secondary N) is 1. The van der Waals surface area contributed by atoms with Crippen LogP contribution in [0, 0.1) is 5.92 Å². The molecule has 1 atom stereocenters. The number of carbonyl (C=O) groups excluding carboxylic acids is 3. The van der Waals surface area contributed by atoms with Gasteiger partial charge in [0.25, 0.3) is 5.91 Å². The zero-order chi connectivity index (χ0) is 22.4. The van der Waals surface area contributed by atoms with Gasteiger partial charge in [0.05, 0.1) is 25.8 Å². The van der Waals surface area contributed by atoms with E-state index in [0.29, 0.717) is 17.2 Å². The second-order valence-corrected chi connectivity index (χ2v) is 7.15. The summed E-state index contributed by atoms with van der Waals surface area (Å²) in [6, 6.07) is 12.6. The normalized spacial score (nSPS) is 15.5. The fraction of sp³-hybridized carbons (Fsp3) is 0.348. The predicted molar refractivity (Wildman–Crippen MR) is 115 cm³/mol. The first kappa shape index (κ1) is 22.1. The van der Waals surface area contributed by atoms with Crippen molar-refractivity contribution in [1.29, 1.82) is 0 Å². The van der Waals surface area contributed by atoms with Gasteiger partial charge >= 0.3 is 5.97 Å². The highest BCUT2D eigenvalue weighted by Crippen LogP contribution is 2.29. The van der Waals surface area contributed by atoms with E-state index < -0.39 is 24.4 Å². The maximum absolute atomic E-state index is 12.4. The van der Waals surface area contributed by atoms with Crippen LogP contribution in [0.1, 0.15) is 18.9 Å². The van der Waals surface area contributed by atoms with Crippen molar-refractivity contribution in [3.8, 4) is 11.5 Å². The molecule has 2 amide bonds. The Morgan fingerprint density at radius 2 is 1.84 bits per heavy atom. The summed E-state index contributed by atoms with van der Waals surface area (Å²) in [5.41, 5.74) is 2.33. The summed E-state index contributed by atoms with van der Waals surface area (Å²) >= 11 is 0. The number of hydrogen-bond donors (Lipinski definition) is 1. The number of esters is 1. The topological polar surface area (TPSA) is 94.2 Å². The van der Waals surface area contributed by atoms with Crippen LogP contribution < -0.4 is 19.7 Å². The van der Waals surface area contributed by atoms with Gasteiger partial charge in [0.2, 0.25) is 5.91 Å². The lowest BCUT2D eigenvalue weighted by molar-refractivity contribution is -0.151. The Hall–Kier alpha value is -3.55. The summed E-state index contributed by atoms with van der Waals surface area (Å²) in [5.74, 6) is -0.851. The average molecular weight is 426 g/mol. The van der Waals surface area contributed by atoms with Gasteiger partial charge in [-0.2, -0.15) is 0 Å². The van der Waals surface area contributed by atoms with Crippen LogP contribution in [-0.2, 0) is 25.5 Å². The highest BCUT2D eigenvalue weighted by Gasteiger charge is 2.36. The van der Waals surface area contributed by atoms with Crippen molar-refractivity contribution in [3.05, 3.63) is 48.0 Å². The summed E-state index contributed by atoms with van der Waals surface area (Å²) in [5, 5.41) is 2.64. The van der Waals surface area contributed by atoms with Gasteiger partial charge in [-0.1, -0.05) is 19.1 Å². The van der Waals surface area contributed by atoms with E-state index in [0.717, 1.165) is 12.1 Å². The van der Waals surface area contributed by atoms with Crippen LogP contribution in [0.25, 0.3) is 0 Å². The zero-order valence-electron chi connectivity index (χ0n) is 17.8. The van der Waals surface area contributed by atoms with Gasteiger partial charge in [-0.15, -0.1) is 0 Å². The highest BCUT2D eigenvalue weighted by atomic mass is 16.5. The Morgan fingerprint density at radius 1 is 1.10 bits per heavy atom. The third kappa shape index (κ3) is 5.33. The Bertz CT molecular complexity index is 957. The number of hydrogen-bond acceptors (Lipinski definition) is 6. The first-order valence-electron chi connectivity index (χ1n) is 10.0. The predicted octanol–water partition coefficient (Wildman–Crippen LogP) is 2.80. The van der Waals surface area contributed by atoms with Gasteiger partial charge in [-0.25, -0.2) is 0 Å². The van der Waals surface area contributed by atoms with E-state index in [-0.39, 0.29) is 18.9 Å². The molecule has 3 rings (SSSR count). The van der Waals surface area contributed by atoms with Crippen LogP contribution in [0.4, 0.5) is 11.4 Å². The molecule has 1 heterocycles. The Morgan fingerprint density at radius 3 is 2.48 bits per heavy atom. The molecule has 1 saturated heterocycles. The number of benzene rings is 2. The molecular weight excluding hydrogens is 400 g/mol. The Labute approximate surface area is 181 Å². The standard InChI is InChI=1S/C23H26N2O6/c1-4-15-5-7-17(8-6-15)25-13-16(11-22(25)27)23(28)31-14-21(26)24-19-12-18(29-2)9-10-20(19)30-3/h5-10,12,16H,4,11,13-14H2,1-3H3,(H,24,26)/t16-/m1/s1. The zero-order valence-corrected chi connectivity index (χ0v) is 17.8. The number of methoxy groups -OCH3 is 2. The summed E-state index contributed by atoms with van der Waals surface area (Å²) in [6.07, 6.45) is 0.965. The summed E-state index contributed by atoms with van der Waals surface area (Å²) in [6.45, 7) is 1.83. The van der Waals surface area contributed by atoms with Crippen molar-refractivity contribution in [1.82, 2.24) is 0 Å². The molecule has 0 spiro atoms. The van der Waals surface area contributed by atoms with Crippen LogP contribution >= 0.6 is 0 Å². The Kier molecular flexibility index (Phi) is 7.12. The lowest BCUT2D eigenvalue weighted by Crippen LogP contribution is -2.28. The van der Waals surface area contributed by atoms with Crippen LogP contribution in [0.3, 0.4) is 0 Å². The summed E-state index contributed by atoms with van der Waals surface area (Å²) < 4.78 is 15.5. The van der Waals surface area contributed by atoms with E-state index in [1.54, 1.807) is 23.1 Å². The molecule has 2 aromatic carbocycles. The third-order valence-electron chi connectivity index (χ3n) is 5.14. The first-order chi connectivity index (χ1) is 14.9. The van der Waals surface area contributed by atoms with Gasteiger partial charge in [0.1, 0.15) is 11.5 Å². The molecule has 1 N–H and O–H groups in total. The third-order valence-corrected chi connectivity index (χ3v) is 5.14. The lowest BCUT2D eigenvalue weighted by Gasteiger charge is -2.17. The van der Waals surface area contributed by atoms with Gasteiger partial charge in [0.15, 0.2) is 6.61 Å². The fourth-order valence-corrected chi connectivity index (χ4v) is 3.38. The molecule has 0 radical (unpaired) electrons. The van der Waals surface area contributed by atoms with Crippen LogP contribution in [0.5, 0.6) is 11.5 Å². The second kappa shape index (κ2) is 9.97. The molecule has 1 aliphatic rings. The minimum absolute atomic E-state index is 0.0552. The highest BCUT2D eigenvalue weighted by molar-refractivity contribution is 6.00. The first-order valence-corrected chi connectivity index (χ1v) is 10.0. The van der Waals surface area contributed by atoms with Crippen LogP contribution in [0.15, 0.2) is 42.5 Å². The maximum atomic E-state index is 12.4. The van der Waals surface area contributed by atoms with Crippen molar-refractivity contribution < 1.29 is 28.6 Å². The number of rotatable bonds is 8. The van der Waals surface area contributed by atoms with E-state index >= 15 is 0 Å². The molecule has 2 aromatic rings. The van der Waals surface area contributed by atoms with E-state index in [4.69, 9.17) is 14.2 Å². The minimum Gasteiger partial charge on any atom is -0.497 e. The van der Waals surface area contributed by atoms with Gasteiger partial charge in [-0.05, 0) is 36.2 Å². The van der Waals surface area contributed by atoms with E-state index in [1.165, 1.54) is 19.8 Å². The molecule has 1 fully saturated rings. The molecule has 8 heteroatoms. The number of aryl methyl sites for hydroxylation is 1. The van der Waals surface area contributed by atoms with Crippen LogP contribution in [0.2, 0.25) is 0 Å². The molecule has 0 aliphatic carbocycles. The van der Waals surface area contributed by atoms with Crippen molar-refractivity contribution in [3.63, 3.8) is 0 Å². The average Bonchev–Trinajstić information content (AvgIpc) is 3.19. The summed E-state index contributed by atoms with van der Waals surface area (Å²) in [7, 11) is 3.00. The number of anilines is 2. The van der Waals surface area contributed by atoms with Crippen molar-refractivity contribution in [2.45, 2.75) is 19.8 Å². The second-order valence-electron chi connectivity index (χ2n) is 7.15. The van der Waals surface area contributed by atoms with Gasteiger partial charge in [-0.3, -0.25) is 14.4 Å². The number of nitrogens with zero attached hydrogens (tertiary/aromatic N) is 1. The van der Waals surface area contributed by atoms with E-state index in [2.05, 4.69) is 12.2 Å². The molecule has 164 valence electrons. The molecule has 0 bridgehead atoms. The number of amides is 2. The molecule has 0 aromatic heterocycles. The maximum Gasteiger partial charge on any atom is 0.311 e. The molecule has 0 unspecified atom stereocenters. The van der Waals surface area contributed by atoms with Crippen LogP contribution in [-0.4, -0.2) is 45.2 Å². The molecular formula is C23H26N2O6. The largest absolute Gasteiger partial charge is 0.497 e. The number of ether oxygens (including phenoxy) is 3. The Balaban J connectivity index is 1.55. The minimum atomic E-state index is -0.613. The van der Waals surface area contributed by atoms with E-state index in [9.17, 15) is 14.4 Å². The molecule has 1 aliphatic heterocycles. The molecule has 8 nitrogen and oxygen atoms in total. The smallest absolute Gasteiger partial charge is 0.311 e. The van der Waals surface area contributed by atoms with Crippen molar-refractivity contribution in [2.75, 3.05) is 37.6 Å². The fourth-order valence-electron chi connectivity index (χ4n) is 3.38. The number of carbonyl (C=O) groups is 3. The van der Waals surface area contributed by atoms with Gasteiger partial charge in [0, 0.05) is 24.7 Å². The van der Waals surface area contributed by atoms with E-state index in [1.807, 2.05) is 24.3 Å². The summed E-state index contributed by atoms with van der Waals surface area (Å²) in [4.78, 5) is 38.6. The van der Waals surface area contributed by atoms with Crippen molar-refractivity contribution in [2.24, 2.45) is 5.92 Å². The SMILES string of the molecule is CCc1ccc(N2C[C@H](C(=O)OCC(=O)Nc3cc(OC)ccc3OC)CC2=O)cc1. The molecule has 31 heavy (non-hydrogen) atoms. The quantitative estimate of drug-likeness (QED) is 0.653. The molecule has 0 saturated carbocycles. The van der Waals surface area contributed by atoms with Gasteiger partial charge < -0.3 is 24.4 Å².